The summed E-state index contributed by atoms with van der Waals surface area (Å²) in [7, 11) is 0. The molecule has 90 valence electrons. The second-order valence-corrected chi connectivity index (χ2v) is 5.15. The van der Waals surface area contributed by atoms with Crippen LogP contribution in [0.3, 0.4) is 0 Å². The predicted molar refractivity (Wildman–Crippen MR) is 72.1 cm³/mol. The molecule has 0 radical (unpaired) electrons. The molecular weight excluding hydrogens is 218 g/mol. The average molecular weight is 239 g/mol. The van der Waals surface area contributed by atoms with Crippen LogP contribution in [0.1, 0.15) is 31.9 Å². The van der Waals surface area contributed by atoms with Crippen LogP contribution in [0.15, 0.2) is 24.3 Å². The Balaban J connectivity index is 2.48. The Morgan fingerprint density at radius 2 is 2.12 bits per heavy atom. The molecule has 16 heavy (non-hydrogen) atoms. The predicted octanol–water partition coefficient (Wildman–Crippen LogP) is 3.18. The molecule has 2 atom stereocenters. The smallest absolute Gasteiger partial charge is 0.115 e. The molecule has 1 aromatic rings. The zero-order valence-corrected chi connectivity index (χ0v) is 11.1. The molecule has 0 spiro atoms. The van der Waals surface area contributed by atoms with Gasteiger partial charge in [0.15, 0.2) is 0 Å². The number of phenols is 1. The summed E-state index contributed by atoms with van der Waals surface area (Å²) < 4.78 is 0. The third-order valence-electron chi connectivity index (χ3n) is 2.66. The number of nitrogens with one attached hydrogen (secondary N) is 1. The minimum absolute atomic E-state index is 0.281. The number of thioether (sulfide) groups is 1. The van der Waals surface area contributed by atoms with Gasteiger partial charge in [0.05, 0.1) is 0 Å². The van der Waals surface area contributed by atoms with E-state index in [9.17, 15) is 5.11 Å². The van der Waals surface area contributed by atoms with Crippen molar-refractivity contribution in [3.8, 4) is 5.75 Å². The quantitative estimate of drug-likeness (QED) is 0.799. The van der Waals surface area contributed by atoms with Crippen LogP contribution < -0.4 is 5.32 Å². The molecule has 1 rings (SSSR count). The van der Waals surface area contributed by atoms with Crippen LogP contribution in [0.4, 0.5) is 0 Å². The molecule has 0 amide bonds. The average Bonchev–Trinajstić information content (AvgIpc) is 2.26. The molecule has 0 fully saturated rings. The van der Waals surface area contributed by atoms with Crippen LogP contribution in [-0.2, 0) is 0 Å². The lowest BCUT2D eigenvalue weighted by atomic mass is 10.1. The van der Waals surface area contributed by atoms with Gasteiger partial charge in [-0.3, -0.25) is 0 Å². The van der Waals surface area contributed by atoms with Crippen molar-refractivity contribution in [2.75, 3.05) is 12.0 Å². The fourth-order valence-electron chi connectivity index (χ4n) is 1.70. The molecule has 2 N–H and O–H groups in total. The lowest BCUT2D eigenvalue weighted by molar-refractivity contribution is 0.459. The monoisotopic (exact) mass is 239 g/mol. The van der Waals surface area contributed by atoms with Crippen LogP contribution in [-0.4, -0.2) is 23.2 Å². The Bertz CT molecular complexity index is 317. The fourth-order valence-corrected chi connectivity index (χ4v) is 2.28. The van der Waals surface area contributed by atoms with E-state index < -0.39 is 0 Å². The summed E-state index contributed by atoms with van der Waals surface area (Å²) in [5, 5.41) is 12.9. The molecule has 0 saturated heterocycles. The highest BCUT2D eigenvalue weighted by molar-refractivity contribution is 7.98. The highest BCUT2D eigenvalue weighted by atomic mass is 32.2. The van der Waals surface area contributed by atoms with Gasteiger partial charge in [-0.2, -0.15) is 11.8 Å². The van der Waals surface area contributed by atoms with Gasteiger partial charge in [0, 0.05) is 12.1 Å². The Hall–Kier alpha value is -0.670. The number of phenolic OH excluding ortho intramolecular Hbond substituents is 1. The van der Waals surface area contributed by atoms with Crippen molar-refractivity contribution in [1.82, 2.24) is 5.32 Å². The molecule has 0 saturated carbocycles. The molecule has 0 aliphatic carbocycles. The van der Waals surface area contributed by atoms with Gasteiger partial charge in [-0.1, -0.05) is 12.1 Å². The number of hydrogen-bond acceptors (Lipinski definition) is 3. The van der Waals surface area contributed by atoms with E-state index in [1.54, 1.807) is 6.07 Å². The van der Waals surface area contributed by atoms with Crippen molar-refractivity contribution in [2.24, 2.45) is 0 Å². The van der Waals surface area contributed by atoms with E-state index in [0.29, 0.717) is 11.8 Å². The third kappa shape index (κ3) is 4.45. The summed E-state index contributed by atoms with van der Waals surface area (Å²) in [5.74, 6) is 1.52. The maximum atomic E-state index is 9.41. The Kier molecular flexibility index (Phi) is 5.71. The maximum Gasteiger partial charge on any atom is 0.115 e. The van der Waals surface area contributed by atoms with Crippen molar-refractivity contribution in [1.29, 1.82) is 0 Å². The van der Waals surface area contributed by atoms with Crippen molar-refractivity contribution < 1.29 is 5.11 Å². The van der Waals surface area contributed by atoms with E-state index in [0.717, 1.165) is 5.56 Å². The fraction of sp³-hybridized carbons (Fsp3) is 0.538. The van der Waals surface area contributed by atoms with Gasteiger partial charge in [-0.05, 0) is 50.0 Å². The molecule has 1 aromatic carbocycles. The number of hydrogen-bond donors (Lipinski definition) is 2. The number of aromatic hydroxyl groups is 1. The Labute approximate surface area is 102 Å². The van der Waals surface area contributed by atoms with Crippen LogP contribution in [0.2, 0.25) is 0 Å². The molecule has 3 heteroatoms. The second-order valence-electron chi connectivity index (χ2n) is 4.17. The summed E-state index contributed by atoms with van der Waals surface area (Å²) in [6.07, 6.45) is 3.30. The Morgan fingerprint density at radius 3 is 2.75 bits per heavy atom. The summed E-state index contributed by atoms with van der Waals surface area (Å²) in [4.78, 5) is 0. The van der Waals surface area contributed by atoms with Gasteiger partial charge in [-0.25, -0.2) is 0 Å². The first-order chi connectivity index (χ1) is 7.63. The first kappa shape index (κ1) is 13.4. The van der Waals surface area contributed by atoms with Gasteiger partial charge in [0.2, 0.25) is 0 Å². The highest BCUT2D eigenvalue weighted by Crippen LogP contribution is 2.18. The zero-order valence-electron chi connectivity index (χ0n) is 10.2. The maximum absolute atomic E-state index is 9.41. The normalized spacial score (nSPS) is 14.7. The van der Waals surface area contributed by atoms with Crippen LogP contribution in [0.25, 0.3) is 0 Å². The van der Waals surface area contributed by atoms with E-state index in [-0.39, 0.29) is 6.04 Å². The zero-order chi connectivity index (χ0) is 12.0. The van der Waals surface area contributed by atoms with E-state index in [4.69, 9.17) is 0 Å². The van der Waals surface area contributed by atoms with E-state index >= 15 is 0 Å². The van der Waals surface area contributed by atoms with Gasteiger partial charge in [0.1, 0.15) is 5.75 Å². The minimum atomic E-state index is 0.281. The largest absolute Gasteiger partial charge is 0.508 e. The second kappa shape index (κ2) is 6.81. The van der Waals surface area contributed by atoms with Crippen LogP contribution >= 0.6 is 11.8 Å². The van der Waals surface area contributed by atoms with Crippen LogP contribution in [0, 0.1) is 0 Å². The van der Waals surface area contributed by atoms with Crippen LogP contribution in [0.5, 0.6) is 5.75 Å². The van der Waals surface area contributed by atoms with Crippen molar-refractivity contribution in [3.05, 3.63) is 29.8 Å². The molecule has 2 nitrogen and oxygen atoms in total. The molecule has 2 unspecified atom stereocenters. The van der Waals surface area contributed by atoms with E-state index in [1.807, 2.05) is 30.0 Å². The molecule has 0 aliphatic rings. The number of rotatable bonds is 6. The lowest BCUT2D eigenvalue weighted by Gasteiger charge is -2.20. The minimum Gasteiger partial charge on any atom is -0.508 e. The van der Waals surface area contributed by atoms with Gasteiger partial charge in [0.25, 0.3) is 0 Å². The summed E-state index contributed by atoms with van der Waals surface area (Å²) in [6.45, 7) is 4.33. The SMILES string of the molecule is CSCCC(C)NC(C)c1cccc(O)c1. The van der Waals surface area contributed by atoms with Crippen molar-refractivity contribution in [3.63, 3.8) is 0 Å². The van der Waals surface area contributed by atoms with Crippen molar-refractivity contribution in [2.45, 2.75) is 32.4 Å². The van der Waals surface area contributed by atoms with Gasteiger partial charge in [-0.15, -0.1) is 0 Å². The topological polar surface area (TPSA) is 32.3 Å². The lowest BCUT2D eigenvalue weighted by Crippen LogP contribution is -2.29. The Morgan fingerprint density at radius 1 is 1.38 bits per heavy atom. The first-order valence-electron chi connectivity index (χ1n) is 5.67. The van der Waals surface area contributed by atoms with E-state index in [1.165, 1.54) is 12.2 Å². The van der Waals surface area contributed by atoms with E-state index in [2.05, 4.69) is 25.4 Å². The molecule has 0 bridgehead atoms. The first-order valence-corrected chi connectivity index (χ1v) is 7.06. The highest BCUT2D eigenvalue weighted by Gasteiger charge is 2.09. The van der Waals surface area contributed by atoms with Gasteiger partial charge < -0.3 is 10.4 Å². The standard InChI is InChI=1S/C13H21NOS/c1-10(7-8-16-3)14-11(2)12-5-4-6-13(15)9-12/h4-6,9-11,14-15H,7-8H2,1-3H3. The van der Waals surface area contributed by atoms with Crippen molar-refractivity contribution >= 4 is 11.8 Å². The number of benzene rings is 1. The summed E-state index contributed by atoms with van der Waals surface area (Å²) in [6, 6.07) is 8.23. The molecule has 0 heterocycles. The third-order valence-corrected chi connectivity index (χ3v) is 3.30. The molecule has 0 aromatic heterocycles. The molecule has 0 aliphatic heterocycles. The summed E-state index contributed by atoms with van der Waals surface area (Å²) >= 11 is 1.88. The summed E-state index contributed by atoms with van der Waals surface area (Å²) in [5.41, 5.74) is 1.14. The van der Waals surface area contributed by atoms with Gasteiger partial charge >= 0.3 is 0 Å². The molecular formula is C13H21NOS.